The number of amides is 1. The third-order valence-electron chi connectivity index (χ3n) is 2.88. The molecule has 0 radical (unpaired) electrons. The fourth-order valence-corrected chi connectivity index (χ4v) is 2.02. The molecule has 1 saturated carbocycles. The molecule has 7 heteroatoms. The number of nitrogens with one attached hydrogen (secondary N) is 1. The number of aliphatic hydroxyl groups excluding tert-OH is 1. The summed E-state index contributed by atoms with van der Waals surface area (Å²) in [4.78, 5) is 10.3. The largest absolute Gasteiger partial charge is 0.465 e. The Morgan fingerprint density at radius 1 is 1.25 bits per heavy atom. The van der Waals surface area contributed by atoms with Crippen LogP contribution >= 0.6 is 0 Å². The average Bonchev–Trinajstić information content (AvgIpc) is 2.15. The summed E-state index contributed by atoms with van der Waals surface area (Å²) in [6.07, 6.45) is -7.00. The number of rotatable bonds is 2. The molecule has 0 aliphatic heterocycles. The van der Waals surface area contributed by atoms with E-state index in [2.05, 4.69) is 5.32 Å². The Balaban J connectivity index is 2.40. The first-order valence-corrected chi connectivity index (χ1v) is 5.05. The summed E-state index contributed by atoms with van der Waals surface area (Å²) in [5.41, 5.74) is 0. The lowest BCUT2D eigenvalue weighted by Crippen LogP contribution is -2.42. The second-order valence-electron chi connectivity index (χ2n) is 4.05. The van der Waals surface area contributed by atoms with Gasteiger partial charge in [-0.2, -0.15) is 13.2 Å². The Morgan fingerprint density at radius 3 is 2.12 bits per heavy atom. The van der Waals surface area contributed by atoms with Gasteiger partial charge in [-0.05, 0) is 31.6 Å². The molecular weight excluding hydrogens is 227 g/mol. The van der Waals surface area contributed by atoms with Gasteiger partial charge in [-0.3, -0.25) is 0 Å². The van der Waals surface area contributed by atoms with Gasteiger partial charge >= 0.3 is 12.3 Å². The molecule has 1 fully saturated rings. The van der Waals surface area contributed by atoms with Crippen LogP contribution in [0.5, 0.6) is 0 Å². The van der Waals surface area contributed by atoms with Crippen molar-refractivity contribution in [1.29, 1.82) is 0 Å². The topological polar surface area (TPSA) is 69.6 Å². The second-order valence-corrected chi connectivity index (χ2v) is 4.05. The van der Waals surface area contributed by atoms with Crippen molar-refractivity contribution in [2.24, 2.45) is 5.92 Å². The number of aliphatic hydroxyl groups is 1. The zero-order valence-electron chi connectivity index (χ0n) is 8.50. The predicted molar refractivity (Wildman–Crippen MR) is 49.0 cm³/mol. The molecule has 0 spiro atoms. The predicted octanol–water partition coefficient (Wildman–Crippen LogP) is 1.74. The lowest BCUT2D eigenvalue weighted by molar-refractivity contribution is -0.222. The van der Waals surface area contributed by atoms with Gasteiger partial charge in [-0.1, -0.05) is 0 Å². The standard InChI is InChI=1S/C9H14F3NO3/c10-9(11,12)7(14)5-1-3-6(4-2-5)13-8(15)16/h5-7,13-14H,1-4H2,(H,15,16). The fraction of sp³-hybridized carbons (Fsp3) is 0.889. The Labute approximate surface area is 90.4 Å². The lowest BCUT2D eigenvalue weighted by Gasteiger charge is -2.32. The van der Waals surface area contributed by atoms with Crippen LogP contribution in [0.4, 0.5) is 18.0 Å². The van der Waals surface area contributed by atoms with Gasteiger partial charge < -0.3 is 15.5 Å². The molecule has 16 heavy (non-hydrogen) atoms. The van der Waals surface area contributed by atoms with Gasteiger partial charge in [0.1, 0.15) is 0 Å². The molecule has 1 unspecified atom stereocenters. The summed E-state index contributed by atoms with van der Waals surface area (Å²) in [6, 6.07) is -0.297. The third kappa shape index (κ3) is 3.55. The Kier molecular flexibility index (Phi) is 4.01. The molecule has 0 heterocycles. The molecule has 94 valence electrons. The van der Waals surface area contributed by atoms with Crippen LogP contribution in [-0.2, 0) is 0 Å². The first-order chi connectivity index (χ1) is 7.30. The summed E-state index contributed by atoms with van der Waals surface area (Å²) >= 11 is 0. The quantitative estimate of drug-likeness (QED) is 0.689. The Morgan fingerprint density at radius 2 is 1.75 bits per heavy atom. The minimum Gasteiger partial charge on any atom is -0.465 e. The summed E-state index contributed by atoms with van der Waals surface area (Å²) in [5, 5.41) is 19.7. The summed E-state index contributed by atoms with van der Waals surface area (Å²) in [5.74, 6) is -0.813. The van der Waals surface area contributed by atoms with Crippen molar-refractivity contribution in [2.75, 3.05) is 0 Å². The van der Waals surface area contributed by atoms with Crippen LogP contribution in [0.25, 0.3) is 0 Å². The van der Waals surface area contributed by atoms with E-state index < -0.39 is 24.3 Å². The van der Waals surface area contributed by atoms with Crippen LogP contribution in [-0.4, -0.2) is 34.6 Å². The number of alkyl halides is 3. The van der Waals surface area contributed by atoms with Gasteiger partial charge in [0.05, 0.1) is 0 Å². The highest BCUT2D eigenvalue weighted by molar-refractivity contribution is 5.64. The average molecular weight is 241 g/mol. The summed E-state index contributed by atoms with van der Waals surface area (Å²) in [6.45, 7) is 0. The zero-order valence-corrected chi connectivity index (χ0v) is 8.50. The van der Waals surface area contributed by atoms with Crippen molar-refractivity contribution in [2.45, 2.75) is 44.0 Å². The minimum absolute atomic E-state index is 0.186. The first kappa shape index (κ1) is 13.1. The number of carbonyl (C=O) groups is 1. The highest BCUT2D eigenvalue weighted by atomic mass is 19.4. The van der Waals surface area contributed by atoms with Crippen molar-refractivity contribution >= 4 is 6.09 Å². The second kappa shape index (κ2) is 4.90. The van der Waals surface area contributed by atoms with Crippen molar-refractivity contribution in [1.82, 2.24) is 5.32 Å². The molecule has 1 aliphatic rings. The zero-order chi connectivity index (χ0) is 12.3. The van der Waals surface area contributed by atoms with Gasteiger partial charge in [0, 0.05) is 6.04 Å². The van der Waals surface area contributed by atoms with Gasteiger partial charge in [-0.15, -0.1) is 0 Å². The van der Waals surface area contributed by atoms with Crippen molar-refractivity contribution in [3.05, 3.63) is 0 Å². The van der Waals surface area contributed by atoms with E-state index in [-0.39, 0.29) is 18.9 Å². The first-order valence-electron chi connectivity index (χ1n) is 5.05. The molecule has 0 aromatic heterocycles. The van der Waals surface area contributed by atoms with E-state index in [9.17, 15) is 18.0 Å². The van der Waals surface area contributed by atoms with Crippen molar-refractivity contribution < 1.29 is 28.2 Å². The number of hydrogen-bond acceptors (Lipinski definition) is 2. The van der Waals surface area contributed by atoms with E-state index in [0.717, 1.165) is 0 Å². The SMILES string of the molecule is O=C(O)NC1CCC(C(O)C(F)(F)F)CC1. The van der Waals surface area contributed by atoms with Crippen LogP contribution < -0.4 is 5.32 Å². The van der Waals surface area contributed by atoms with Crippen LogP contribution in [0.2, 0.25) is 0 Å². The number of halogens is 3. The van der Waals surface area contributed by atoms with Crippen LogP contribution in [0.1, 0.15) is 25.7 Å². The Bertz CT molecular complexity index is 249. The lowest BCUT2D eigenvalue weighted by atomic mass is 9.82. The molecule has 3 N–H and O–H groups in total. The molecule has 0 aromatic carbocycles. The minimum atomic E-state index is -4.59. The maximum atomic E-state index is 12.2. The van der Waals surface area contributed by atoms with Gasteiger partial charge in [0.15, 0.2) is 6.10 Å². The molecule has 1 atom stereocenters. The fourth-order valence-electron chi connectivity index (χ4n) is 2.02. The maximum absolute atomic E-state index is 12.2. The van der Waals surface area contributed by atoms with E-state index in [1.165, 1.54) is 0 Å². The normalized spacial score (nSPS) is 28.5. The molecule has 1 amide bonds. The van der Waals surface area contributed by atoms with E-state index in [0.29, 0.717) is 12.8 Å². The number of hydrogen-bond donors (Lipinski definition) is 3. The molecule has 1 rings (SSSR count). The van der Waals surface area contributed by atoms with Gasteiger partial charge in [-0.25, -0.2) is 4.79 Å². The third-order valence-corrected chi connectivity index (χ3v) is 2.88. The van der Waals surface area contributed by atoms with E-state index in [1.54, 1.807) is 0 Å². The summed E-state index contributed by atoms with van der Waals surface area (Å²) < 4.78 is 36.5. The molecule has 0 saturated heterocycles. The molecular formula is C9H14F3NO3. The van der Waals surface area contributed by atoms with Gasteiger partial charge in [0.25, 0.3) is 0 Å². The maximum Gasteiger partial charge on any atom is 0.414 e. The smallest absolute Gasteiger partial charge is 0.414 e. The highest BCUT2D eigenvalue weighted by Gasteiger charge is 2.44. The molecule has 1 aliphatic carbocycles. The monoisotopic (exact) mass is 241 g/mol. The van der Waals surface area contributed by atoms with Crippen molar-refractivity contribution in [3.63, 3.8) is 0 Å². The van der Waals surface area contributed by atoms with Gasteiger partial charge in [0.2, 0.25) is 0 Å². The molecule has 0 bridgehead atoms. The summed E-state index contributed by atoms with van der Waals surface area (Å²) in [7, 11) is 0. The molecule has 0 aromatic rings. The van der Waals surface area contributed by atoms with E-state index in [1.807, 2.05) is 0 Å². The van der Waals surface area contributed by atoms with Crippen LogP contribution in [0.3, 0.4) is 0 Å². The van der Waals surface area contributed by atoms with E-state index >= 15 is 0 Å². The molecule has 4 nitrogen and oxygen atoms in total. The van der Waals surface area contributed by atoms with Crippen LogP contribution in [0, 0.1) is 5.92 Å². The Hall–Kier alpha value is -0.980. The highest BCUT2D eigenvalue weighted by Crippen LogP contribution is 2.34. The van der Waals surface area contributed by atoms with Crippen molar-refractivity contribution in [3.8, 4) is 0 Å². The van der Waals surface area contributed by atoms with E-state index in [4.69, 9.17) is 10.2 Å². The number of carboxylic acid groups (broad SMARTS) is 1. The van der Waals surface area contributed by atoms with Crippen LogP contribution in [0.15, 0.2) is 0 Å².